The summed E-state index contributed by atoms with van der Waals surface area (Å²) < 4.78 is 26.2. The Hall–Kier alpha value is -1.20. The predicted molar refractivity (Wildman–Crippen MR) is 96.2 cm³/mol. The quantitative estimate of drug-likeness (QED) is 0.741. The number of rotatable bonds is 6. The van der Waals surface area contributed by atoms with Crippen molar-refractivity contribution in [3.8, 4) is 0 Å². The van der Waals surface area contributed by atoms with Crippen LogP contribution in [0.4, 0.5) is 5.69 Å². The van der Waals surface area contributed by atoms with Crippen molar-refractivity contribution < 1.29 is 13.2 Å². The first-order chi connectivity index (χ1) is 11.2. The van der Waals surface area contributed by atoms with E-state index in [9.17, 15) is 13.2 Å². The molecule has 0 fully saturated rings. The molecular formula is C13H15ClN4O3S3. The molecule has 0 saturated carbocycles. The van der Waals surface area contributed by atoms with Crippen LogP contribution in [-0.4, -0.2) is 48.2 Å². The Morgan fingerprint density at radius 1 is 1.42 bits per heavy atom. The van der Waals surface area contributed by atoms with Crippen LogP contribution in [-0.2, 0) is 14.8 Å². The van der Waals surface area contributed by atoms with E-state index >= 15 is 0 Å². The van der Waals surface area contributed by atoms with Crippen LogP contribution >= 0.6 is 34.7 Å². The largest absolute Gasteiger partial charge is 0.325 e. The minimum absolute atomic E-state index is 0.0589. The standard InChI is InChI=1S/C13H15ClN4O3S3/c1-8(23-13-17-15-7-22-13)12(19)16-9-4-5-10(14)11(6-9)24(20,21)18(2)3/h4-8H,1-3H3,(H,16,19)/t8-/m0/s1. The van der Waals surface area contributed by atoms with Gasteiger partial charge in [0.15, 0.2) is 4.34 Å². The molecule has 0 aliphatic carbocycles. The molecule has 0 bridgehead atoms. The lowest BCUT2D eigenvalue weighted by atomic mass is 10.3. The van der Waals surface area contributed by atoms with Crippen LogP contribution in [0, 0.1) is 0 Å². The maximum atomic E-state index is 12.3. The van der Waals surface area contributed by atoms with E-state index in [1.54, 1.807) is 18.5 Å². The summed E-state index contributed by atoms with van der Waals surface area (Å²) in [5.74, 6) is -0.272. The molecule has 7 nitrogen and oxygen atoms in total. The topological polar surface area (TPSA) is 92.3 Å². The molecule has 1 N–H and O–H groups in total. The normalized spacial score (nSPS) is 13.0. The van der Waals surface area contributed by atoms with E-state index in [1.165, 1.54) is 49.3 Å². The lowest BCUT2D eigenvalue weighted by Gasteiger charge is -2.15. The highest BCUT2D eigenvalue weighted by atomic mass is 35.5. The summed E-state index contributed by atoms with van der Waals surface area (Å²) in [6.45, 7) is 1.73. The summed E-state index contributed by atoms with van der Waals surface area (Å²) in [5, 5.41) is 9.95. The third kappa shape index (κ3) is 4.45. The van der Waals surface area contributed by atoms with Gasteiger partial charge in [-0.1, -0.05) is 34.7 Å². The Labute approximate surface area is 153 Å². The maximum Gasteiger partial charge on any atom is 0.244 e. The van der Waals surface area contributed by atoms with Gasteiger partial charge in [-0.05, 0) is 25.1 Å². The SMILES string of the molecule is C[C@H](Sc1nncs1)C(=O)Nc1ccc(Cl)c(S(=O)(=O)N(C)C)c1. The van der Waals surface area contributed by atoms with Gasteiger partial charge in [0.1, 0.15) is 10.4 Å². The highest BCUT2D eigenvalue weighted by Crippen LogP contribution is 2.28. The molecule has 2 aromatic rings. The summed E-state index contributed by atoms with van der Waals surface area (Å²) in [6, 6.07) is 4.34. The first-order valence-electron chi connectivity index (χ1n) is 6.67. The van der Waals surface area contributed by atoms with Crippen molar-refractivity contribution in [3.63, 3.8) is 0 Å². The van der Waals surface area contributed by atoms with Crippen LogP contribution in [0.2, 0.25) is 5.02 Å². The number of amides is 1. The second-order valence-electron chi connectivity index (χ2n) is 4.89. The van der Waals surface area contributed by atoms with Crippen LogP contribution in [0.1, 0.15) is 6.92 Å². The fourth-order valence-corrected chi connectivity index (χ4v) is 4.66. The Balaban J connectivity index is 2.17. The number of benzene rings is 1. The van der Waals surface area contributed by atoms with Gasteiger partial charge in [0, 0.05) is 19.8 Å². The summed E-state index contributed by atoms with van der Waals surface area (Å²) >= 11 is 8.60. The van der Waals surface area contributed by atoms with Crippen molar-refractivity contribution in [1.82, 2.24) is 14.5 Å². The lowest BCUT2D eigenvalue weighted by molar-refractivity contribution is -0.115. The number of carbonyl (C=O) groups excluding carboxylic acids is 1. The van der Waals surface area contributed by atoms with Crippen LogP contribution < -0.4 is 5.32 Å². The summed E-state index contributed by atoms with van der Waals surface area (Å²) in [6.07, 6.45) is 0. The fraction of sp³-hybridized carbons (Fsp3) is 0.308. The molecule has 1 amide bonds. The number of halogens is 1. The van der Waals surface area contributed by atoms with Gasteiger partial charge in [0.2, 0.25) is 15.9 Å². The van der Waals surface area contributed by atoms with Crippen LogP contribution in [0.5, 0.6) is 0 Å². The van der Waals surface area contributed by atoms with Gasteiger partial charge in [-0.3, -0.25) is 4.79 Å². The van der Waals surface area contributed by atoms with Gasteiger partial charge in [-0.2, -0.15) is 0 Å². The minimum Gasteiger partial charge on any atom is -0.325 e. The van der Waals surface area contributed by atoms with Crippen LogP contribution in [0.15, 0.2) is 32.9 Å². The number of hydrogen-bond donors (Lipinski definition) is 1. The number of hydrogen-bond acceptors (Lipinski definition) is 7. The molecule has 2 rings (SSSR count). The molecule has 130 valence electrons. The van der Waals surface area contributed by atoms with E-state index in [4.69, 9.17) is 11.6 Å². The zero-order chi connectivity index (χ0) is 17.9. The number of thioether (sulfide) groups is 1. The summed E-state index contributed by atoms with van der Waals surface area (Å²) in [5.41, 5.74) is 1.94. The van der Waals surface area contributed by atoms with Crippen molar-refractivity contribution in [2.24, 2.45) is 0 Å². The molecule has 1 aromatic heterocycles. The minimum atomic E-state index is -3.70. The van der Waals surface area contributed by atoms with Gasteiger partial charge in [-0.25, -0.2) is 12.7 Å². The number of carbonyl (C=O) groups is 1. The highest BCUT2D eigenvalue weighted by molar-refractivity contribution is 8.02. The highest BCUT2D eigenvalue weighted by Gasteiger charge is 2.22. The van der Waals surface area contributed by atoms with Gasteiger partial charge >= 0.3 is 0 Å². The molecule has 0 spiro atoms. The number of sulfonamides is 1. The smallest absolute Gasteiger partial charge is 0.244 e. The van der Waals surface area contributed by atoms with E-state index in [2.05, 4.69) is 15.5 Å². The molecule has 1 aromatic carbocycles. The number of aromatic nitrogens is 2. The number of nitrogens with zero attached hydrogens (tertiary/aromatic N) is 3. The van der Waals surface area contributed by atoms with Crippen molar-refractivity contribution >= 4 is 56.3 Å². The van der Waals surface area contributed by atoms with Gasteiger partial charge < -0.3 is 5.32 Å². The number of nitrogens with one attached hydrogen (secondary N) is 1. The first kappa shape index (κ1) is 19.1. The molecule has 1 atom stereocenters. The van der Waals surface area contributed by atoms with Gasteiger partial charge in [0.05, 0.1) is 10.3 Å². The molecule has 11 heteroatoms. The molecule has 24 heavy (non-hydrogen) atoms. The first-order valence-corrected chi connectivity index (χ1v) is 10.3. The van der Waals surface area contributed by atoms with E-state index in [0.717, 1.165) is 4.31 Å². The Morgan fingerprint density at radius 2 is 2.12 bits per heavy atom. The van der Waals surface area contributed by atoms with Crippen molar-refractivity contribution in [1.29, 1.82) is 0 Å². The zero-order valence-electron chi connectivity index (χ0n) is 13.1. The summed E-state index contributed by atoms with van der Waals surface area (Å²) in [4.78, 5) is 12.2. The van der Waals surface area contributed by atoms with Crippen LogP contribution in [0.25, 0.3) is 0 Å². The van der Waals surface area contributed by atoms with E-state index < -0.39 is 15.3 Å². The van der Waals surface area contributed by atoms with Crippen molar-refractivity contribution in [2.75, 3.05) is 19.4 Å². The third-order valence-electron chi connectivity index (χ3n) is 2.94. The van der Waals surface area contributed by atoms with Crippen LogP contribution in [0.3, 0.4) is 0 Å². The van der Waals surface area contributed by atoms with Gasteiger partial charge in [-0.15, -0.1) is 10.2 Å². The van der Waals surface area contributed by atoms with Gasteiger partial charge in [0.25, 0.3) is 0 Å². The second-order valence-corrected chi connectivity index (χ2v) is 9.84. The maximum absolute atomic E-state index is 12.3. The third-order valence-corrected chi connectivity index (χ3v) is 7.15. The van der Waals surface area contributed by atoms with E-state index in [-0.39, 0.29) is 15.8 Å². The second kappa shape index (κ2) is 7.79. The molecule has 0 aliphatic heterocycles. The average Bonchev–Trinajstić information content (AvgIpc) is 3.01. The number of anilines is 1. The monoisotopic (exact) mass is 406 g/mol. The lowest BCUT2D eigenvalue weighted by Crippen LogP contribution is -2.24. The predicted octanol–water partition coefficient (Wildman–Crippen LogP) is 2.56. The molecule has 0 saturated heterocycles. The average molecular weight is 407 g/mol. The van der Waals surface area contributed by atoms with E-state index in [1.807, 2.05) is 0 Å². The summed E-state index contributed by atoms with van der Waals surface area (Å²) in [7, 11) is -0.870. The molecule has 0 unspecified atom stereocenters. The molecule has 1 heterocycles. The Morgan fingerprint density at radius 3 is 2.71 bits per heavy atom. The van der Waals surface area contributed by atoms with Crippen molar-refractivity contribution in [3.05, 3.63) is 28.7 Å². The molecular weight excluding hydrogens is 392 g/mol. The Bertz CT molecular complexity index is 825. The Kier molecular flexibility index (Phi) is 6.21. The fourth-order valence-electron chi connectivity index (χ4n) is 1.64. The zero-order valence-corrected chi connectivity index (χ0v) is 16.3. The molecule has 0 aliphatic rings. The molecule has 0 radical (unpaired) electrons. The van der Waals surface area contributed by atoms with E-state index in [0.29, 0.717) is 10.0 Å². The van der Waals surface area contributed by atoms with Crippen molar-refractivity contribution in [2.45, 2.75) is 21.4 Å².